The molecule has 1 heterocycles. The summed E-state index contributed by atoms with van der Waals surface area (Å²) in [6, 6.07) is 0. The van der Waals surface area contributed by atoms with Gasteiger partial charge in [-0.05, 0) is 22.6 Å². The molecular formula is C5H5IN2O2. The zero-order valence-corrected chi connectivity index (χ0v) is 7.06. The van der Waals surface area contributed by atoms with Gasteiger partial charge in [-0.1, -0.05) is 0 Å². The standard InChI is InChI=1S/C5H5IN2O2/c6-4(10)5-7-1-3(9)2-8-5/h1-2,4,9-10H. The normalized spacial score (nSPS) is 13.0. The van der Waals surface area contributed by atoms with Crippen LogP contribution in [0.25, 0.3) is 0 Å². The van der Waals surface area contributed by atoms with E-state index in [9.17, 15) is 0 Å². The fraction of sp³-hybridized carbons (Fsp3) is 0.200. The maximum absolute atomic E-state index is 8.89. The Hall–Kier alpha value is -0.430. The third-order valence-corrected chi connectivity index (χ3v) is 1.43. The van der Waals surface area contributed by atoms with Crippen molar-refractivity contribution in [2.45, 2.75) is 4.11 Å². The quantitative estimate of drug-likeness (QED) is 0.567. The van der Waals surface area contributed by atoms with E-state index >= 15 is 0 Å². The number of aromatic nitrogens is 2. The van der Waals surface area contributed by atoms with Gasteiger partial charge in [-0.25, -0.2) is 9.97 Å². The van der Waals surface area contributed by atoms with E-state index in [1.165, 1.54) is 12.4 Å². The van der Waals surface area contributed by atoms with E-state index in [4.69, 9.17) is 10.2 Å². The summed E-state index contributed by atoms with van der Waals surface area (Å²) in [5.41, 5.74) is 0. The third kappa shape index (κ3) is 1.77. The van der Waals surface area contributed by atoms with E-state index in [1.807, 2.05) is 0 Å². The molecule has 0 radical (unpaired) electrons. The van der Waals surface area contributed by atoms with Crippen LogP contribution < -0.4 is 0 Å². The summed E-state index contributed by atoms with van der Waals surface area (Å²) in [7, 11) is 0. The van der Waals surface area contributed by atoms with E-state index in [0.29, 0.717) is 5.82 Å². The van der Waals surface area contributed by atoms with Crippen LogP contribution in [0.5, 0.6) is 5.75 Å². The molecule has 10 heavy (non-hydrogen) atoms. The smallest absolute Gasteiger partial charge is 0.167 e. The highest BCUT2D eigenvalue weighted by atomic mass is 127. The first-order valence-corrected chi connectivity index (χ1v) is 3.78. The van der Waals surface area contributed by atoms with Gasteiger partial charge in [-0.3, -0.25) is 0 Å². The van der Waals surface area contributed by atoms with Crippen molar-refractivity contribution in [3.8, 4) is 5.75 Å². The molecule has 0 spiro atoms. The van der Waals surface area contributed by atoms with Crippen molar-refractivity contribution in [3.05, 3.63) is 18.2 Å². The zero-order valence-electron chi connectivity index (χ0n) is 4.90. The summed E-state index contributed by atoms with van der Waals surface area (Å²) >= 11 is 1.77. The number of halogens is 1. The first kappa shape index (κ1) is 7.67. The number of aliphatic hydroxyl groups is 1. The Bertz CT molecular complexity index is 211. The molecule has 2 N–H and O–H groups in total. The van der Waals surface area contributed by atoms with Crippen molar-refractivity contribution >= 4 is 22.6 Å². The van der Waals surface area contributed by atoms with Crippen LogP contribution >= 0.6 is 22.6 Å². The maximum atomic E-state index is 8.89. The largest absolute Gasteiger partial charge is 0.505 e. The van der Waals surface area contributed by atoms with Crippen LogP contribution in [-0.2, 0) is 0 Å². The van der Waals surface area contributed by atoms with Gasteiger partial charge in [-0.15, -0.1) is 0 Å². The van der Waals surface area contributed by atoms with Gasteiger partial charge < -0.3 is 10.2 Å². The van der Waals surface area contributed by atoms with E-state index in [0.717, 1.165) is 0 Å². The van der Waals surface area contributed by atoms with Crippen molar-refractivity contribution in [3.63, 3.8) is 0 Å². The number of aliphatic hydroxyl groups excluding tert-OH is 1. The zero-order chi connectivity index (χ0) is 7.56. The van der Waals surface area contributed by atoms with Gasteiger partial charge in [0, 0.05) is 0 Å². The van der Waals surface area contributed by atoms with Crippen LogP contribution in [0.4, 0.5) is 0 Å². The lowest BCUT2D eigenvalue weighted by Crippen LogP contribution is -1.94. The van der Waals surface area contributed by atoms with Gasteiger partial charge in [0.15, 0.2) is 15.7 Å². The minimum Gasteiger partial charge on any atom is -0.505 e. The number of aromatic hydroxyl groups is 1. The number of hydrogen-bond acceptors (Lipinski definition) is 4. The first-order chi connectivity index (χ1) is 4.70. The summed E-state index contributed by atoms with van der Waals surface area (Å²) in [6.07, 6.45) is 2.48. The Balaban J connectivity index is 2.89. The lowest BCUT2D eigenvalue weighted by atomic mass is 10.5. The van der Waals surface area contributed by atoms with E-state index in [2.05, 4.69) is 9.97 Å². The minimum atomic E-state index is -0.710. The first-order valence-electron chi connectivity index (χ1n) is 2.53. The molecule has 0 saturated carbocycles. The molecule has 1 atom stereocenters. The second kappa shape index (κ2) is 3.11. The molecule has 0 fully saturated rings. The van der Waals surface area contributed by atoms with Crippen molar-refractivity contribution in [1.82, 2.24) is 9.97 Å². The number of nitrogens with zero attached hydrogens (tertiary/aromatic N) is 2. The Morgan fingerprint density at radius 3 is 2.30 bits per heavy atom. The van der Waals surface area contributed by atoms with Crippen LogP contribution in [0, 0.1) is 0 Å². The Labute approximate surface area is 71.1 Å². The van der Waals surface area contributed by atoms with Gasteiger partial charge in [0.1, 0.15) is 0 Å². The van der Waals surface area contributed by atoms with Gasteiger partial charge in [0.05, 0.1) is 12.4 Å². The predicted octanol–water partition coefficient (Wildman–Crippen LogP) is 0.608. The molecule has 0 saturated heterocycles. The van der Waals surface area contributed by atoms with E-state index in [1.54, 1.807) is 22.6 Å². The van der Waals surface area contributed by atoms with Crippen LogP contribution in [0.1, 0.15) is 9.94 Å². The third-order valence-electron chi connectivity index (χ3n) is 0.871. The fourth-order valence-electron chi connectivity index (χ4n) is 0.454. The summed E-state index contributed by atoms with van der Waals surface area (Å²) in [6.45, 7) is 0. The van der Waals surface area contributed by atoms with Gasteiger partial charge in [0.25, 0.3) is 0 Å². The molecule has 0 bridgehead atoms. The SMILES string of the molecule is Oc1cnc(C(O)I)nc1. The number of hydrogen-bond donors (Lipinski definition) is 2. The lowest BCUT2D eigenvalue weighted by molar-refractivity contribution is 0.275. The summed E-state index contributed by atoms with van der Waals surface area (Å²) < 4.78 is -0.710. The van der Waals surface area contributed by atoms with E-state index in [-0.39, 0.29) is 5.75 Å². The second-order valence-electron chi connectivity index (χ2n) is 1.64. The highest BCUT2D eigenvalue weighted by Crippen LogP contribution is 2.15. The summed E-state index contributed by atoms with van der Waals surface area (Å²) in [5.74, 6) is 0.305. The molecule has 4 nitrogen and oxygen atoms in total. The Morgan fingerprint density at radius 2 is 1.90 bits per heavy atom. The highest BCUT2D eigenvalue weighted by Gasteiger charge is 2.03. The van der Waals surface area contributed by atoms with Crippen molar-refractivity contribution < 1.29 is 10.2 Å². The molecule has 0 aromatic carbocycles. The van der Waals surface area contributed by atoms with Crippen LogP contribution in [0.2, 0.25) is 0 Å². The molecule has 0 amide bonds. The molecule has 1 rings (SSSR count). The highest BCUT2D eigenvalue weighted by molar-refractivity contribution is 14.1. The average molecular weight is 252 g/mol. The number of alkyl halides is 1. The summed E-state index contributed by atoms with van der Waals surface area (Å²) in [4.78, 5) is 7.32. The monoisotopic (exact) mass is 252 g/mol. The van der Waals surface area contributed by atoms with Crippen molar-refractivity contribution in [2.75, 3.05) is 0 Å². The van der Waals surface area contributed by atoms with Crippen LogP contribution in [-0.4, -0.2) is 20.2 Å². The summed E-state index contributed by atoms with van der Waals surface area (Å²) in [5, 5.41) is 17.6. The van der Waals surface area contributed by atoms with Crippen LogP contribution in [0.3, 0.4) is 0 Å². The molecule has 54 valence electrons. The number of rotatable bonds is 1. The average Bonchev–Trinajstić information content (AvgIpc) is 1.88. The molecule has 5 heteroatoms. The molecule has 0 aliphatic rings. The van der Waals surface area contributed by atoms with Gasteiger partial charge in [-0.2, -0.15) is 0 Å². The predicted molar refractivity (Wildman–Crippen MR) is 42.7 cm³/mol. The van der Waals surface area contributed by atoms with Crippen LogP contribution in [0.15, 0.2) is 12.4 Å². The maximum Gasteiger partial charge on any atom is 0.167 e. The lowest BCUT2D eigenvalue weighted by Gasteiger charge is -1.98. The topological polar surface area (TPSA) is 66.2 Å². The molecule has 0 aliphatic carbocycles. The molecule has 1 aromatic heterocycles. The minimum absolute atomic E-state index is 0.000741. The fourth-order valence-corrected chi connectivity index (χ4v) is 0.776. The molecule has 0 aliphatic heterocycles. The van der Waals surface area contributed by atoms with Crippen molar-refractivity contribution in [1.29, 1.82) is 0 Å². The van der Waals surface area contributed by atoms with Gasteiger partial charge in [0.2, 0.25) is 0 Å². The molecular weight excluding hydrogens is 247 g/mol. The Kier molecular flexibility index (Phi) is 2.39. The molecule has 1 unspecified atom stereocenters. The Morgan fingerprint density at radius 1 is 1.40 bits per heavy atom. The van der Waals surface area contributed by atoms with E-state index < -0.39 is 4.11 Å². The molecule has 1 aromatic rings. The second-order valence-corrected chi connectivity index (χ2v) is 2.82. The van der Waals surface area contributed by atoms with Gasteiger partial charge >= 0.3 is 0 Å². The van der Waals surface area contributed by atoms with Crippen molar-refractivity contribution in [2.24, 2.45) is 0 Å².